The molecular formula is C22H24FN3O2. The molecule has 0 radical (unpaired) electrons. The van der Waals surface area contributed by atoms with E-state index < -0.39 is 0 Å². The van der Waals surface area contributed by atoms with Crippen molar-refractivity contribution in [3.8, 4) is 0 Å². The van der Waals surface area contributed by atoms with Crippen LogP contribution in [0.5, 0.6) is 0 Å². The molecule has 3 rings (SSSR count). The minimum absolute atomic E-state index is 0.209. The molecule has 146 valence electrons. The Kier molecular flexibility index (Phi) is 5.78. The van der Waals surface area contributed by atoms with Crippen molar-refractivity contribution in [2.75, 3.05) is 11.9 Å². The molecule has 0 aliphatic carbocycles. The highest BCUT2D eigenvalue weighted by Crippen LogP contribution is 2.19. The zero-order valence-electron chi connectivity index (χ0n) is 16.3. The molecular weight excluding hydrogens is 357 g/mol. The highest BCUT2D eigenvalue weighted by Gasteiger charge is 2.18. The standard InChI is InChI=1S/C22H24FN3O2/c1-14(2)12-26(22(28)24-17-9-8-15(3)19(23)11-17)13-16-10-21(27)25-20-7-5-4-6-18(16)20/h4-11,14H,12-13H2,1-3H3,(H,24,28)(H,25,27). The first-order valence-corrected chi connectivity index (χ1v) is 9.26. The first-order valence-electron chi connectivity index (χ1n) is 9.26. The molecule has 5 nitrogen and oxygen atoms in total. The quantitative estimate of drug-likeness (QED) is 0.675. The highest BCUT2D eigenvalue weighted by atomic mass is 19.1. The van der Waals surface area contributed by atoms with Crippen molar-refractivity contribution in [2.24, 2.45) is 5.92 Å². The van der Waals surface area contributed by atoms with Crippen LogP contribution in [0.3, 0.4) is 0 Å². The van der Waals surface area contributed by atoms with E-state index in [2.05, 4.69) is 10.3 Å². The minimum Gasteiger partial charge on any atom is -0.322 e. The molecule has 28 heavy (non-hydrogen) atoms. The van der Waals surface area contributed by atoms with Gasteiger partial charge in [-0.25, -0.2) is 9.18 Å². The van der Waals surface area contributed by atoms with Crippen LogP contribution in [0.4, 0.5) is 14.9 Å². The summed E-state index contributed by atoms with van der Waals surface area (Å²) in [6, 6.07) is 13.3. The Morgan fingerprint density at radius 3 is 2.64 bits per heavy atom. The van der Waals surface area contributed by atoms with Gasteiger partial charge in [0.05, 0.1) is 0 Å². The minimum atomic E-state index is -0.367. The molecule has 3 aromatic rings. The Hall–Kier alpha value is -3.15. The number of aromatic nitrogens is 1. The molecule has 1 aromatic heterocycles. The van der Waals surface area contributed by atoms with E-state index in [9.17, 15) is 14.0 Å². The Morgan fingerprint density at radius 2 is 1.93 bits per heavy atom. The normalized spacial score (nSPS) is 11.0. The Balaban J connectivity index is 1.89. The zero-order valence-corrected chi connectivity index (χ0v) is 16.3. The SMILES string of the molecule is Cc1ccc(NC(=O)N(Cc2cc(=O)[nH]c3ccccc23)CC(C)C)cc1F. The number of pyridine rings is 1. The van der Waals surface area contributed by atoms with E-state index in [1.54, 1.807) is 24.0 Å². The average Bonchev–Trinajstić information content (AvgIpc) is 2.63. The number of H-pyrrole nitrogens is 1. The van der Waals surface area contributed by atoms with Gasteiger partial charge >= 0.3 is 6.03 Å². The fourth-order valence-corrected chi connectivity index (χ4v) is 3.15. The molecule has 0 saturated carbocycles. The van der Waals surface area contributed by atoms with Crippen LogP contribution in [0, 0.1) is 18.7 Å². The Bertz CT molecular complexity index is 1060. The topological polar surface area (TPSA) is 65.2 Å². The second-order valence-electron chi connectivity index (χ2n) is 7.37. The molecule has 2 N–H and O–H groups in total. The number of para-hydroxylation sites is 1. The fourth-order valence-electron chi connectivity index (χ4n) is 3.15. The zero-order chi connectivity index (χ0) is 20.3. The Labute approximate surface area is 163 Å². The maximum absolute atomic E-state index is 13.8. The molecule has 2 aromatic carbocycles. The molecule has 0 atom stereocenters. The molecule has 0 bridgehead atoms. The van der Waals surface area contributed by atoms with Crippen molar-refractivity contribution in [3.05, 3.63) is 75.8 Å². The lowest BCUT2D eigenvalue weighted by atomic mass is 10.1. The van der Waals surface area contributed by atoms with Crippen LogP contribution < -0.4 is 10.9 Å². The predicted molar refractivity (Wildman–Crippen MR) is 110 cm³/mol. The molecule has 0 fully saturated rings. The summed E-state index contributed by atoms with van der Waals surface area (Å²) in [7, 11) is 0. The van der Waals surface area contributed by atoms with Crippen LogP contribution >= 0.6 is 0 Å². The summed E-state index contributed by atoms with van der Waals surface area (Å²) >= 11 is 0. The van der Waals surface area contributed by atoms with E-state index in [-0.39, 0.29) is 29.9 Å². The number of hydrogen-bond acceptors (Lipinski definition) is 2. The van der Waals surface area contributed by atoms with Gasteiger partial charge in [0.1, 0.15) is 5.82 Å². The van der Waals surface area contributed by atoms with Crippen molar-refractivity contribution in [2.45, 2.75) is 27.3 Å². The number of amides is 2. The lowest BCUT2D eigenvalue weighted by Gasteiger charge is -2.25. The summed E-state index contributed by atoms with van der Waals surface area (Å²) in [5.74, 6) is -0.137. The number of carbonyl (C=O) groups excluding carboxylic acids is 1. The fraction of sp³-hybridized carbons (Fsp3) is 0.273. The highest BCUT2D eigenvalue weighted by molar-refractivity contribution is 5.90. The molecule has 0 saturated heterocycles. The summed E-state index contributed by atoms with van der Waals surface area (Å²) in [5, 5.41) is 3.65. The van der Waals surface area contributed by atoms with Gasteiger partial charge in [0.25, 0.3) is 0 Å². The van der Waals surface area contributed by atoms with Gasteiger partial charge in [0.2, 0.25) is 5.56 Å². The molecule has 0 unspecified atom stereocenters. The monoisotopic (exact) mass is 381 g/mol. The third-order valence-electron chi connectivity index (χ3n) is 4.49. The maximum atomic E-state index is 13.8. The van der Waals surface area contributed by atoms with Crippen LogP contribution in [-0.4, -0.2) is 22.5 Å². The summed E-state index contributed by atoms with van der Waals surface area (Å²) in [5.41, 5.74) is 2.21. The summed E-state index contributed by atoms with van der Waals surface area (Å²) < 4.78 is 13.8. The van der Waals surface area contributed by atoms with Crippen molar-refractivity contribution in [1.82, 2.24) is 9.88 Å². The number of nitrogens with one attached hydrogen (secondary N) is 2. The molecule has 0 aliphatic heterocycles. The first kappa shape index (κ1) is 19.6. The largest absolute Gasteiger partial charge is 0.322 e. The van der Waals surface area contributed by atoms with E-state index in [0.717, 1.165) is 16.5 Å². The van der Waals surface area contributed by atoms with Crippen LogP contribution in [-0.2, 0) is 6.54 Å². The number of urea groups is 1. The van der Waals surface area contributed by atoms with Gasteiger partial charge in [-0.3, -0.25) is 4.79 Å². The summed E-state index contributed by atoms with van der Waals surface area (Å²) in [6.45, 7) is 6.48. The van der Waals surface area contributed by atoms with E-state index >= 15 is 0 Å². The third kappa shape index (κ3) is 4.57. The summed E-state index contributed by atoms with van der Waals surface area (Å²) in [6.07, 6.45) is 0. The number of rotatable bonds is 5. The lowest BCUT2D eigenvalue weighted by Crippen LogP contribution is -2.37. The van der Waals surface area contributed by atoms with Gasteiger partial charge in [-0.05, 0) is 42.2 Å². The summed E-state index contributed by atoms with van der Waals surface area (Å²) in [4.78, 5) is 29.3. The van der Waals surface area contributed by atoms with Crippen molar-refractivity contribution in [1.29, 1.82) is 0 Å². The second kappa shape index (κ2) is 8.25. The third-order valence-corrected chi connectivity index (χ3v) is 4.49. The molecule has 0 aliphatic rings. The molecule has 1 heterocycles. The number of benzene rings is 2. The number of halogens is 1. The smallest absolute Gasteiger partial charge is 0.322 e. The molecule has 6 heteroatoms. The second-order valence-corrected chi connectivity index (χ2v) is 7.37. The number of nitrogens with zero attached hydrogens (tertiary/aromatic N) is 1. The average molecular weight is 381 g/mol. The van der Waals surface area contributed by atoms with Crippen LogP contribution in [0.2, 0.25) is 0 Å². The first-order chi connectivity index (χ1) is 13.3. The van der Waals surface area contributed by atoms with E-state index in [1.165, 1.54) is 12.1 Å². The van der Waals surface area contributed by atoms with E-state index in [4.69, 9.17) is 0 Å². The van der Waals surface area contributed by atoms with Crippen LogP contribution in [0.25, 0.3) is 10.9 Å². The van der Waals surface area contributed by atoms with Crippen LogP contribution in [0.15, 0.2) is 53.3 Å². The number of anilines is 1. The van der Waals surface area contributed by atoms with Crippen molar-refractivity contribution < 1.29 is 9.18 Å². The van der Waals surface area contributed by atoms with E-state index in [0.29, 0.717) is 17.8 Å². The molecule has 2 amide bonds. The van der Waals surface area contributed by atoms with Gasteiger partial charge in [0.15, 0.2) is 0 Å². The number of aryl methyl sites for hydroxylation is 1. The van der Waals surface area contributed by atoms with Gasteiger partial charge < -0.3 is 15.2 Å². The van der Waals surface area contributed by atoms with Crippen molar-refractivity contribution >= 4 is 22.6 Å². The van der Waals surface area contributed by atoms with Crippen molar-refractivity contribution in [3.63, 3.8) is 0 Å². The Morgan fingerprint density at radius 1 is 1.18 bits per heavy atom. The van der Waals surface area contributed by atoms with Gasteiger partial charge in [-0.2, -0.15) is 0 Å². The van der Waals surface area contributed by atoms with Gasteiger partial charge in [-0.1, -0.05) is 38.1 Å². The molecule has 0 spiro atoms. The van der Waals surface area contributed by atoms with Gasteiger partial charge in [-0.15, -0.1) is 0 Å². The number of aromatic amines is 1. The number of hydrogen-bond donors (Lipinski definition) is 2. The number of fused-ring (bicyclic) bond motifs is 1. The predicted octanol–water partition coefficient (Wildman–Crippen LogP) is 4.67. The number of carbonyl (C=O) groups is 1. The maximum Gasteiger partial charge on any atom is 0.322 e. The van der Waals surface area contributed by atoms with E-state index in [1.807, 2.05) is 38.1 Å². The lowest BCUT2D eigenvalue weighted by molar-refractivity contribution is 0.202. The van der Waals surface area contributed by atoms with Gasteiger partial charge in [0, 0.05) is 35.7 Å². The van der Waals surface area contributed by atoms with Crippen LogP contribution in [0.1, 0.15) is 25.0 Å².